The van der Waals surface area contributed by atoms with Crippen LogP contribution in [0.1, 0.15) is 50.4 Å². The van der Waals surface area contributed by atoms with Gasteiger partial charge >= 0.3 is 5.97 Å². The van der Waals surface area contributed by atoms with E-state index in [1.54, 1.807) is 37.7 Å². The monoisotopic (exact) mass is 850 g/mol. The highest BCUT2D eigenvalue weighted by Gasteiger charge is 2.34. The lowest BCUT2D eigenvalue weighted by atomic mass is 9.95. The van der Waals surface area contributed by atoms with Crippen LogP contribution in [0.25, 0.3) is 6.08 Å². The number of aromatic nitrogens is 1. The Morgan fingerprint density at radius 3 is 2.53 bits per heavy atom. The van der Waals surface area contributed by atoms with E-state index in [-0.39, 0.29) is 18.3 Å². The smallest absolute Gasteiger partial charge is 0.338 e. The average Bonchev–Trinajstić information content (AvgIpc) is 3.30. The quantitative estimate of drug-likeness (QED) is 0.136. The highest BCUT2D eigenvalue weighted by atomic mass is 127. The molecule has 1 aliphatic rings. The van der Waals surface area contributed by atoms with Crippen molar-refractivity contribution in [1.82, 2.24) is 4.57 Å². The maximum Gasteiger partial charge on any atom is 0.338 e. The summed E-state index contributed by atoms with van der Waals surface area (Å²) in [7, 11) is 1.56. The number of allylic oxidation sites excluding steroid dienone is 1. The predicted molar refractivity (Wildman–Crippen MR) is 192 cm³/mol. The van der Waals surface area contributed by atoms with Gasteiger partial charge in [0.15, 0.2) is 16.3 Å². The van der Waals surface area contributed by atoms with E-state index in [0.29, 0.717) is 50.0 Å². The van der Waals surface area contributed by atoms with Gasteiger partial charge in [-0.25, -0.2) is 9.79 Å². The molecule has 234 valence electrons. The summed E-state index contributed by atoms with van der Waals surface area (Å²) in [6, 6.07) is 18.6. The van der Waals surface area contributed by atoms with E-state index < -0.39 is 12.0 Å². The van der Waals surface area contributed by atoms with Crippen molar-refractivity contribution >= 4 is 68.6 Å². The Hall–Kier alpha value is -3.17. The molecule has 0 bridgehead atoms. The fourth-order valence-corrected chi connectivity index (χ4v) is 8.11. The minimum absolute atomic E-state index is 0.0645. The average molecular weight is 851 g/mol. The molecule has 1 aliphatic heterocycles. The van der Waals surface area contributed by atoms with Crippen LogP contribution in [0.3, 0.4) is 0 Å². The number of ether oxygens (including phenoxy) is 4. The van der Waals surface area contributed by atoms with Crippen molar-refractivity contribution in [2.75, 3.05) is 13.7 Å². The first-order chi connectivity index (χ1) is 21.6. The van der Waals surface area contributed by atoms with Crippen LogP contribution in [0, 0.1) is 7.14 Å². The summed E-state index contributed by atoms with van der Waals surface area (Å²) in [6.07, 6.45) is 1.78. The van der Waals surface area contributed by atoms with Crippen LogP contribution in [0.2, 0.25) is 0 Å². The second kappa shape index (κ2) is 14.5. The molecule has 0 unspecified atom stereocenters. The molecule has 0 saturated heterocycles. The molecular weight excluding hydrogens is 818 g/mol. The third kappa shape index (κ3) is 7.30. The van der Waals surface area contributed by atoms with Crippen molar-refractivity contribution < 1.29 is 23.7 Å². The Kier molecular flexibility index (Phi) is 10.7. The molecule has 5 rings (SSSR count). The molecule has 2 heterocycles. The number of carbonyl (C=O) groups is 1. The molecular formula is C34H32I2N2O6S. The van der Waals surface area contributed by atoms with Crippen molar-refractivity contribution in [2.45, 2.75) is 46.4 Å². The molecule has 11 heteroatoms. The van der Waals surface area contributed by atoms with Crippen LogP contribution in [-0.4, -0.2) is 30.4 Å². The van der Waals surface area contributed by atoms with Crippen LogP contribution >= 0.6 is 56.5 Å². The van der Waals surface area contributed by atoms with Gasteiger partial charge in [-0.15, -0.1) is 0 Å². The molecule has 0 saturated carbocycles. The van der Waals surface area contributed by atoms with Gasteiger partial charge in [0, 0.05) is 9.13 Å². The number of fused-ring (bicyclic) bond motifs is 1. The number of halogens is 2. The van der Waals surface area contributed by atoms with Gasteiger partial charge in [0.2, 0.25) is 0 Å². The fourth-order valence-electron chi connectivity index (χ4n) is 5.02. The van der Waals surface area contributed by atoms with Crippen molar-refractivity contribution in [2.24, 2.45) is 4.99 Å². The molecule has 3 aromatic carbocycles. The minimum atomic E-state index is -0.783. The van der Waals surface area contributed by atoms with Crippen LogP contribution in [0.4, 0.5) is 0 Å². The largest absolute Gasteiger partial charge is 0.493 e. The maximum atomic E-state index is 14.3. The van der Waals surface area contributed by atoms with Crippen LogP contribution < -0.4 is 29.1 Å². The molecule has 0 amide bonds. The van der Waals surface area contributed by atoms with E-state index in [0.717, 1.165) is 18.3 Å². The SMILES string of the molecule is CCOC(=O)C1=C(C)N=c2s/c(=C/c3cc(I)cc(I)c3OCc3ccccc3)c(=O)n2[C@H]1c1ccc(OC(C)C)c(OC)c1. The topological polar surface area (TPSA) is 88.4 Å². The third-order valence-corrected chi connectivity index (χ3v) is 9.34. The number of hydrogen-bond donors (Lipinski definition) is 0. The lowest BCUT2D eigenvalue weighted by Crippen LogP contribution is -2.40. The van der Waals surface area contributed by atoms with Gasteiger partial charge in [0.05, 0.1) is 45.2 Å². The number of nitrogens with zero attached hydrogens (tertiary/aromatic N) is 2. The molecule has 1 aromatic heterocycles. The second-order valence-corrected chi connectivity index (χ2v) is 13.9. The number of benzene rings is 3. The van der Waals surface area contributed by atoms with Crippen molar-refractivity contribution in [1.29, 1.82) is 0 Å². The van der Waals surface area contributed by atoms with E-state index in [1.807, 2.05) is 68.5 Å². The van der Waals surface area contributed by atoms with Crippen molar-refractivity contribution in [3.63, 3.8) is 0 Å². The number of hydrogen-bond acceptors (Lipinski definition) is 8. The Morgan fingerprint density at radius 2 is 1.84 bits per heavy atom. The summed E-state index contributed by atoms with van der Waals surface area (Å²) >= 11 is 5.79. The summed E-state index contributed by atoms with van der Waals surface area (Å²) in [6.45, 7) is 7.96. The zero-order valence-electron chi connectivity index (χ0n) is 25.4. The second-order valence-electron chi connectivity index (χ2n) is 10.5. The van der Waals surface area contributed by atoms with Crippen LogP contribution in [0.5, 0.6) is 17.2 Å². The van der Waals surface area contributed by atoms with E-state index in [1.165, 1.54) is 11.3 Å². The third-order valence-electron chi connectivity index (χ3n) is 6.93. The van der Waals surface area contributed by atoms with Gasteiger partial charge in [-0.3, -0.25) is 9.36 Å². The molecule has 4 aromatic rings. The summed E-state index contributed by atoms with van der Waals surface area (Å²) in [4.78, 5) is 32.8. The molecule has 0 aliphatic carbocycles. The lowest BCUT2D eigenvalue weighted by Gasteiger charge is -2.25. The summed E-state index contributed by atoms with van der Waals surface area (Å²) in [5.41, 5.74) is 3.00. The first-order valence-corrected chi connectivity index (χ1v) is 17.3. The normalized spacial score (nSPS) is 14.7. The Bertz CT molecular complexity index is 1950. The highest BCUT2D eigenvalue weighted by molar-refractivity contribution is 14.1. The van der Waals surface area contributed by atoms with E-state index in [9.17, 15) is 9.59 Å². The molecule has 0 spiro atoms. The lowest BCUT2D eigenvalue weighted by molar-refractivity contribution is -0.139. The fraction of sp³-hybridized carbons (Fsp3) is 0.265. The molecule has 45 heavy (non-hydrogen) atoms. The standard InChI is InChI=1S/C34H32I2N2O6S/c1-6-42-33(40)29-20(4)37-34-38(30(29)22-12-13-26(44-19(2)3)27(15-22)41-5)32(39)28(45-34)16-23-14-24(35)17-25(36)31(23)43-18-21-10-8-7-9-11-21/h7-17,19,30H,6,18H2,1-5H3/b28-16+/t30-/m0/s1. The molecule has 8 nitrogen and oxygen atoms in total. The zero-order valence-corrected chi connectivity index (χ0v) is 30.6. The van der Waals surface area contributed by atoms with Gasteiger partial charge in [-0.2, -0.15) is 0 Å². The van der Waals surface area contributed by atoms with Crippen LogP contribution in [-0.2, 0) is 16.1 Å². The van der Waals surface area contributed by atoms with Crippen molar-refractivity contribution in [3.05, 3.63) is 115 Å². The first-order valence-electron chi connectivity index (χ1n) is 14.3. The van der Waals surface area contributed by atoms with Gasteiger partial charge in [-0.1, -0.05) is 47.7 Å². The Morgan fingerprint density at radius 1 is 1.09 bits per heavy atom. The van der Waals surface area contributed by atoms with Gasteiger partial charge < -0.3 is 18.9 Å². The number of esters is 1. The molecule has 1 atom stereocenters. The highest BCUT2D eigenvalue weighted by Crippen LogP contribution is 2.37. The van der Waals surface area contributed by atoms with Crippen molar-refractivity contribution in [3.8, 4) is 17.2 Å². The van der Waals surface area contributed by atoms with E-state index in [2.05, 4.69) is 45.2 Å². The number of rotatable bonds is 10. The Labute approximate surface area is 292 Å². The number of methoxy groups -OCH3 is 1. The summed E-state index contributed by atoms with van der Waals surface area (Å²) in [5, 5.41) is 0. The molecule has 0 fully saturated rings. The summed E-state index contributed by atoms with van der Waals surface area (Å²) < 4.78 is 27.3. The molecule has 0 radical (unpaired) electrons. The Balaban J connectivity index is 1.67. The summed E-state index contributed by atoms with van der Waals surface area (Å²) in [5.74, 6) is 1.23. The zero-order chi connectivity index (χ0) is 32.2. The number of carbonyl (C=O) groups excluding carboxylic acids is 1. The first kappa shape index (κ1) is 33.2. The minimum Gasteiger partial charge on any atom is -0.493 e. The van der Waals surface area contributed by atoms with Gasteiger partial charge in [0.1, 0.15) is 12.4 Å². The van der Waals surface area contributed by atoms with E-state index >= 15 is 0 Å². The number of thiazole rings is 1. The maximum absolute atomic E-state index is 14.3. The van der Waals surface area contributed by atoms with Gasteiger partial charge in [0.25, 0.3) is 5.56 Å². The molecule has 0 N–H and O–H groups in total. The van der Waals surface area contributed by atoms with E-state index in [4.69, 9.17) is 23.9 Å². The predicted octanol–water partition coefficient (Wildman–Crippen LogP) is 6.38. The van der Waals surface area contributed by atoms with Crippen LogP contribution in [0.15, 0.2) is 81.7 Å². The van der Waals surface area contributed by atoms with Gasteiger partial charge in [-0.05, 0) is 114 Å².